The minimum absolute atomic E-state index is 0.183. The van der Waals surface area contributed by atoms with E-state index in [4.69, 9.17) is 14.5 Å². The van der Waals surface area contributed by atoms with Crippen LogP contribution in [0.15, 0.2) is 84.9 Å². The maximum Gasteiger partial charge on any atom is 0.147 e. The second kappa shape index (κ2) is 8.34. The quantitative estimate of drug-likeness (QED) is 0.376. The van der Waals surface area contributed by atoms with E-state index in [-0.39, 0.29) is 12.9 Å². The molecule has 0 saturated carbocycles. The van der Waals surface area contributed by atoms with Gasteiger partial charge in [-0.15, -0.1) is 0 Å². The molecule has 0 fully saturated rings. The Bertz CT molecular complexity index is 1060. The van der Waals surface area contributed by atoms with Gasteiger partial charge in [-0.05, 0) is 17.9 Å². The molecule has 0 bridgehead atoms. The average Bonchev–Trinajstić information content (AvgIpc) is 2.77. The van der Waals surface area contributed by atoms with Gasteiger partial charge >= 0.3 is 0 Å². The van der Waals surface area contributed by atoms with Gasteiger partial charge in [0.15, 0.2) is 0 Å². The van der Waals surface area contributed by atoms with Crippen molar-refractivity contribution in [2.45, 2.75) is 13.0 Å². The van der Waals surface area contributed by atoms with Crippen molar-refractivity contribution in [2.75, 3.05) is 13.9 Å². The lowest BCUT2D eigenvalue weighted by Crippen LogP contribution is -2.07. The number of benzene rings is 3. The predicted molar refractivity (Wildman–Crippen MR) is 114 cm³/mol. The smallest absolute Gasteiger partial charge is 0.147 e. The van der Waals surface area contributed by atoms with E-state index in [2.05, 4.69) is 54.6 Å². The summed E-state index contributed by atoms with van der Waals surface area (Å²) in [4.78, 5) is 5.12. The lowest BCUT2D eigenvalue weighted by atomic mass is 9.92. The van der Waals surface area contributed by atoms with Crippen LogP contribution in [-0.4, -0.2) is 18.9 Å². The third-order valence-corrected chi connectivity index (χ3v) is 4.87. The average molecular weight is 369 g/mol. The van der Waals surface area contributed by atoms with Crippen LogP contribution >= 0.6 is 0 Å². The number of hydrogen-bond donors (Lipinski definition) is 0. The highest BCUT2D eigenvalue weighted by molar-refractivity contribution is 6.03. The first kappa shape index (κ1) is 18.4. The van der Waals surface area contributed by atoms with Crippen LogP contribution in [0, 0.1) is 0 Å². The Morgan fingerprint density at radius 1 is 0.750 bits per heavy atom. The van der Waals surface area contributed by atoms with Gasteiger partial charge < -0.3 is 9.47 Å². The van der Waals surface area contributed by atoms with Crippen molar-refractivity contribution in [1.82, 2.24) is 4.98 Å². The van der Waals surface area contributed by atoms with Crippen LogP contribution in [0.2, 0.25) is 0 Å². The summed E-state index contributed by atoms with van der Waals surface area (Å²) >= 11 is 0. The Labute approximate surface area is 165 Å². The highest BCUT2D eigenvalue weighted by atomic mass is 16.7. The third kappa shape index (κ3) is 3.55. The zero-order chi connectivity index (χ0) is 19.3. The SMILES string of the molecule is COCOC(C)c1nc(-c2ccccc2)c(-c2ccccc2)c2ccccc12. The molecule has 4 aromatic rings. The Morgan fingerprint density at radius 3 is 1.96 bits per heavy atom. The Kier molecular flexibility index (Phi) is 5.47. The van der Waals surface area contributed by atoms with Crippen molar-refractivity contribution in [3.63, 3.8) is 0 Å². The molecule has 0 amide bonds. The number of hydrogen-bond acceptors (Lipinski definition) is 3. The number of aromatic nitrogens is 1. The number of rotatable bonds is 6. The van der Waals surface area contributed by atoms with Gasteiger partial charge in [0.25, 0.3) is 0 Å². The second-order valence-corrected chi connectivity index (χ2v) is 6.71. The minimum atomic E-state index is -0.183. The van der Waals surface area contributed by atoms with Crippen LogP contribution in [0.5, 0.6) is 0 Å². The maximum atomic E-state index is 5.84. The van der Waals surface area contributed by atoms with E-state index in [0.717, 1.165) is 33.5 Å². The van der Waals surface area contributed by atoms with Crippen LogP contribution in [0.25, 0.3) is 33.2 Å². The molecule has 0 aliphatic carbocycles. The molecule has 1 heterocycles. The molecule has 1 aromatic heterocycles. The molecule has 0 N–H and O–H groups in total. The number of methoxy groups -OCH3 is 1. The summed E-state index contributed by atoms with van der Waals surface area (Å²) in [5, 5.41) is 2.27. The standard InChI is InChI=1S/C25H23NO2/c1-18(28-17-27-2)24-22-16-10-9-15-21(22)23(19-11-5-3-6-12-19)25(26-24)20-13-7-4-8-14-20/h3-16,18H,17H2,1-2H3. The first-order chi connectivity index (χ1) is 13.8. The zero-order valence-electron chi connectivity index (χ0n) is 16.1. The summed E-state index contributed by atoms with van der Waals surface area (Å²) in [5.74, 6) is 0. The molecule has 0 saturated heterocycles. The highest BCUT2D eigenvalue weighted by Crippen LogP contribution is 2.39. The number of fused-ring (bicyclic) bond motifs is 1. The molecular weight excluding hydrogens is 346 g/mol. The molecule has 0 spiro atoms. The summed E-state index contributed by atoms with van der Waals surface area (Å²) in [6.07, 6.45) is -0.183. The van der Waals surface area contributed by atoms with Crippen molar-refractivity contribution in [2.24, 2.45) is 0 Å². The zero-order valence-corrected chi connectivity index (χ0v) is 16.1. The molecule has 28 heavy (non-hydrogen) atoms. The van der Waals surface area contributed by atoms with Crippen molar-refractivity contribution < 1.29 is 9.47 Å². The third-order valence-electron chi connectivity index (χ3n) is 4.87. The summed E-state index contributed by atoms with van der Waals surface area (Å²) in [6, 6.07) is 29.2. The van der Waals surface area contributed by atoms with E-state index in [1.54, 1.807) is 7.11 Å². The molecule has 140 valence electrons. The first-order valence-electron chi connectivity index (χ1n) is 9.43. The molecule has 3 heteroatoms. The topological polar surface area (TPSA) is 31.4 Å². The monoisotopic (exact) mass is 369 g/mol. The van der Waals surface area contributed by atoms with Crippen molar-refractivity contribution in [3.8, 4) is 22.4 Å². The van der Waals surface area contributed by atoms with E-state index in [1.165, 1.54) is 5.39 Å². The van der Waals surface area contributed by atoms with Crippen LogP contribution < -0.4 is 0 Å². The van der Waals surface area contributed by atoms with Crippen LogP contribution in [0.1, 0.15) is 18.7 Å². The minimum Gasteiger partial charge on any atom is -0.359 e. The van der Waals surface area contributed by atoms with Crippen molar-refractivity contribution in [3.05, 3.63) is 90.6 Å². The maximum absolute atomic E-state index is 5.84. The van der Waals surface area contributed by atoms with Gasteiger partial charge in [0.2, 0.25) is 0 Å². The van der Waals surface area contributed by atoms with E-state index < -0.39 is 0 Å². The molecule has 0 aliphatic heterocycles. The Hall–Kier alpha value is -3.01. The molecule has 0 radical (unpaired) electrons. The second-order valence-electron chi connectivity index (χ2n) is 6.71. The summed E-state index contributed by atoms with van der Waals surface area (Å²) < 4.78 is 10.9. The largest absolute Gasteiger partial charge is 0.359 e. The van der Waals surface area contributed by atoms with Crippen LogP contribution in [0.3, 0.4) is 0 Å². The fraction of sp³-hybridized carbons (Fsp3) is 0.160. The molecule has 1 atom stereocenters. The Balaban J connectivity index is 2.04. The van der Waals surface area contributed by atoms with Gasteiger partial charge in [0.1, 0.15) is 12.9 Å². The Morgan fingerprint density at radius 2 is 1.32 bits per heavy atom. The van der Waals surface area contributed by atoms with Crippen molar-refractivity contribution in [1.29, 1.82) is 0 Å². The fourth-order valence-electron chi connectivity index (χ4n) is 3.55. The van der Waals surface area contributed by atoms with E-state index in [9.17, 15) is 0 Å². The summed E-state index contributed by atoms with van der Waals surface area (Å²) in [7, 11) is 1.63. The van der Waals surface area contributed by atoms with Gasteiger partial charge in [0, 0.05) is 23.6 Å². The van der Waals surface area contributed by atoms with Gasteiger partial charge in [-0.3, -0.25) is 0 Å². The summed E-state index contributed by atoms with van der Waals surface area (Å²) in [6.45, 7) is 2.25. The van der Waals surface area contributed by atoms with Gasteiger partial charge in [0.05, 0.1) is 11.4 Å². The number of ether oxygens (including phenoxy) is 2. The highest BCUT2D eigenvalue weighted by Gasteiger charge is 2.20. The van der Waals surface area contributed by atoms with Crippen LogP contribution in [0.4, 0.5) is 0 Å². The normalized spacial score (nSPS) is 12.2. The van der Waals surface area contributed by atoms with Gasteiger partial charge in [-0.25, -0.2) is 4.98 Å². The lowest BCUT2D eigenvalue weighted by Gasteiger charge is -2.20. The van der Waals surface area contributed by atoms with Crippen molar-refractivity contribution >= 4 is 10.8 Å². The molecule has 3 aromatic carbocycles. The molecule has 1 unspecified atom stereocenters. The number of pyridine rings is 1. The van der Waals surface area contributed by atoms with E-state index in [1.807, 2.05) is 37.3 Å². The first-order valence-corrected chi connectivity index (χ1v) is 9.43. The van der Waals surface area contributed by atoms with Crippen LogP contribution in [-0.2, 0) is 9.47 Å². The molecule has 0 aliphatic rings. The predicted octanol–water partition coefficient (Wildman–Crippen LogP) is 6.25. The number of nitrogens with zero attached hydrogens (tertiary/aromatic N) is 1. The van der Waals surface area contributed by atoms with E-state index >= 15 is 0 Å². The lowest BCUT2D eigenvalue weighted by molar-refractivity contribution is -0.0674. The van der Waals surface area contributed by atoms with Gasteiger partial charge in [-0.1, -0.05) is 84.9 Å². The molecule has 3 nitrogen and oxygen atoms in total. The molecular formula is C25H23NO2. The summed E-state index contributed by atoms with van der Waals surface area (Å²) in [5.41, 5.74) is 5.28. The fourth-order valence-corrected chi connectivity index (χ4v) is 3.55. The van der Waals surface area contributed by atoms with E-state index in [0.29, 0.717) is 0 Å². The molecule has 4 rings (SSSR count). The van der Waals surface area contributed by atoms with Gasteiger partial charge in [-0.2, -0.15) is 0 Å².